The SMILES string of the molecule is COC(=O)CCCCCCCCO. The second-order valence-corrected chi connectivity index (χ2v) is 3.17. The van der Waals surface area contributed by atoms with Gasteiger partial charge < -0.3 is 9.84 Å². The molecule has 0 aromatic heterocycles. The Morgan fingerprint density at radius 1 is 1.08 bits per heavy atom. The van der Waals surface area contributed by atoms with Gasteiger partial charge in [-0.1, -0.05) is 25.7 Å². The molecule has 0 radical (unpaired) electrons. The summed E-state index contributed by atoms with van der Waals surface area (Å²) >= 11 is 0. The molecule has 0 aliphatic heterocycles. The molecular formula is C10H20O3. The summed E-state index contributed by atoms with van der Waals surface area (Å²) in [4.78, 5) is 10.7. The van der Waals surface area contributed by atoms with E-state index in [-0.39, 0.29) is 5.97 Å². The molecule has 0 spiro atoms. The van der Waals surface area contributed by atoms with E-state index in [4.69, 9.17) is 5.11 Å². The Kier molecular flexibility index (Phi) is 9.10. The van der Waals surface area contributed by atoms with Crippen LogP contribution in [0.1, 0.15) is 44.9 Å². The lowest BCUT2D eigenvalue weighted by atomic mass is 10.1. The van der Waals surface area contributed by atoms with E-state index in [9.17, 15) is 4.79 Å². The Bertz CT molecular complexity index is 123. The predicted octanol–water partition coefficient (Wildman–Crippen LogP) is 1.88. The number of unbranched alkanes of at least 4 members (excludes halogenated alkanes) is 5. The normalized spacial score (nSPS) is 10.0. The van der Waals surface area contributed by atoms with Crippen LogP contribution in [-0.2, 0) is 9.53 Å². The topological polar surface area (TPSA) is 46.5 Å². The van der Waals surface area contributed by atoms with Crippen LogP contribution in [0.15, 0.2) is 0 Å². The average Bonchev–Trinajstić information content (AvgIpc) is 2.16. The van der Waals surface area contributed by atoms with Crippen molar-refractivity contribution in [2.24, 2.45) is 0 Å². The van der Waals surface area contributed by atoms with Crippen LogP contribution in [0.2, 0.25) is 0 Å². The summed E-state index contributed by atoms with van der Waals surface area (Å²) < 4.78 is 4.52. The second-order valence-electron chi connectivity index (χ2n) is 3.17. The summed E-state index contributed by atoms with van der Waals surface area (Å²) in [6.07, 6.45) is 6.84. The maximum Gasteiger partial charge on any atom is 0.305 e. The summed E-state index contributed by atoms with van der Waals surface area (Å²) in [7, 11) is 1.42. The Labute approximate surface area is 80.1 Å². The minimum absolute atomic E-state index is 0.115. The van der Waals surface area contributed by atoms with E-state index < -0.39 is 0 Å². The van der Waals surface area contributed by atoms with Crippen molar-refractivity contribution in [2.75, 3.05) is 13.7 Å². The first kappa shape index (κ1) is 12.4. The standard InChI is InChI=1S/C10H20O3/c1-13-10(12)8-6-4-2-3-5-7-9-11/h11H,2-9H2,1H3. The first-order chi connectivity index (χ1) is 6.31. The molecule has 0 aliphatic carbocycles. The van der Waals surface area contributed by atoms with Crippen molar-refractivity contribution >= 4 is 5.97 Å². The third-order valence-corrected chi connectivity index (χ3v) is 2.02. The molecule has 3 nitrogen and oxygen atoms in total. The highest BCUT2D eigenvalue weighted by atomic mass is 16.5. The number of hydrogen-bond donors (Lipinski definition) is 1. The maximum absolute atomic E-state index is 10.7. The van der Waals surface area contributed by atoms with E-state index in [1.165, 1.54) is 7.11 Å². The van der Waals surface area contributed by atoms with Crippen molar-refractivity contribution in [1.82, 2.24) is 0 Å². The van der Waals surface area contributed by atoms with Crippen LogP contribution in [0.4, 0.5) is 0 Å². The lowest BCUT2D eigenvalue weighted by Crippen LogP contribution is -1.99. The number of esters is 1. The molecule has 0 fully saturated rings. The second kappa shape index (κ2) is 9.52. The van der Waals surface area contributed by atoms with E-state index in [2.05, 4.69) is 4.74 Å². The fraction of sp³-hybridized carbons (Fsp3) is 0.900. The quantitative estimate of drug-likeness (QED) is 0.467. The average molecular weight is 188 g/mol. The van der Waals surface area contributed by atoms with Crippen LogP contribution in [-0.4, -0.2) is 24.8 Å². The number of ether oxygens (including phenoxy) is 1. The van der Waals surface area contributed by atoms with E-state index in [1.807, 2.05) is 0 Å². The molecular weight excluding hydrogens is 168 g/mol. The summed E-state index contributed by atoms with van der Waals surface area (Å²) in [6, 6.07) is 0. The molecule has 0 saturated heterocycles. The van der Waals surface area contributed by atoms with Gasteiger partial charge >= 0.3 is 5.97 Å². The Hall–Kier alpha value is -0.570. The summed E-state index contributed by atoms with van der Waals surface area (Å²) in [5.74, 6) is -0.115. The van der Waals surface area contributed by atoms with Crippen LogP contribution in [0.5, 0.6) is 0 Å². The molecule has 78 valence electrons. The fourth-order valence-corrected chi connectivity index (χ4v) is 1.19. The molecule has 0 rings (SSSR count). The summed E-state index contributed by atoms with van der Waals surface area (Å²) in [5, 5.41) is 8.51. The van der Waals surface area contributed by atoms with Crippen molar-refractivity contribution in [1.29, 1.82) is 0 Å². The van der Waals surface area contributed by atoms with Gasteiger partial charge in [0.1, 0.15) is 0 Å². The van der Waals surface area contributed by atoms with Crippen molar-refractivity contribution in [2.45, 2.75) is 44.9 Å². The van der Waals surface area contributed by atoms with Gasteiger partial charge in [-0.15, -0.1) is 0 Å². The summed E-state index contributed by atoms with van der Waals surface area (Å²) in [6.45, 7) is 0.294. The number of aliphatic hydroxyl groups excluding tert-OH is 1. The van der Waals surface area contributed by atoms with Gasteiger partial charge in [0.2, 0.25) is 0 Å². The molecule has 0 bridgehead atoms. The van der Waals surface area contributed by atoms with E-state index in [0.29, 0.717) is 13.0 Å². The first-order valence-corrected chi connectivity index (χ1v) is 4.99. The molecule has 0 aliphatic rings. The molecule has 0 saturated carbocycles. The highest BCUT2D eigenvalue weighted by molar-refractivity contribution is 5.68. The smallest absolute Gasteiger partial charge is 0.305 e. The lowest BCUT2D eigenvalue weighted by Gasteiger charge is -2.00. The van der Waals surface area contributed by atoms with Crippen molar-refractivity contribution < 1.29 is 14.6 Å². The van der Waals surface area contributed by atoms with Crippen LogP contribution < -0.4 is 0 Å². The Balaban J connectivity index is 2.95. The molecule has 0 atom stereocenters. The number of methoxy groups -OCH3 is 1. The number of rotatable bonds is 8. The van der Waals surface area contributed by atoms with E-state index in [1.54, 1.807) is 0 Å². The van der Waals surface area contributed by atoms with Crippen molar-refractivity contribution in [3.05, 3.63) is 0 Å². The van der Waals surface area contributed by atoms with Gasteiger partial charge in [-0.25, -0.2) is 0 Å². The monoisotopic (exact) mass is 188 g/mol. The van der Waals surface area contributed by atoms with Crippen molar-refractivity contribution in [3.63, 3.8) is 0 Å². The molecule has 0 unspecified atom stereocenters. The van der Waals surface area contributed by atoms with Gasteiger partial charge in [0.05, 0.1) is 7.11 Å². The maximum atomic E-state index is 10.7. The zero-order valence-electron chi connectivity index (χ0n) is 8.42. The lowest BCUT2D eigenvalue weighted by molar-refractivity contribution is -0.140. The molecule has 0 aromatic rings. The zero-order chi connectivity index (χ0) is 9.94. The summed E-state index contributed by atoms with van der Waals surface area (Å²) in [5.41, 5.74) is 0. The van der Waals surface area contributed by atoms with Gasteiger partial charge in [-0.2, -0.15) is 0 Å². The predicted molar refractivity (Wildman–Crippen MR) is 51.4 cm³/mol. The number of aliphatic hydroxyl groups is 1. The molecule has 0 aromatic carbocycles. The first-order valence-electron chi connectivity index (χ1n) is 4.99. The van der Waals surface area contributed by atoms with E-state index >= 15 is 0 Å². The van der Waals surface area contributed by atoms with Crippen LogP contribution >= 0.6 is 0 Å². The third-order valence-electron chi connectivity index (χ3n) is 2.02. The number of carbonyl (C=O) groups is 1. The third kappa shape index (κ3) is 9.34. The highest BCUT2D eigenvalue weighted by Gasteiger charge is 1.98. The van der Waals surface area contributed by atoms with Gasteiger partial charge in [0, 0.05) is 13.0 Å². The molecule has 0 heterocycles. The largest absolute Gasteiger partial charge is 0.469 e. The van der Waals surface area contributed by atoms with Crippen LogP contribution in [0.3, 0.4) is 0 Å². The van der Waals surface area contributed by atoms with Gasteiger partial charge in [0.25, 0.3) is 0 Å². The van der Waals surface area contributed by atoms with Gasteiger partial charge in [-0.3, -0.25) is 4.79 Å². The Morgan fingerprint density at radius 2 is 1.62 bits per heavy atom. The highest BCUT2D eigenvalue weighted by Crippen LogP contribution is 2.07. The zero-order valence-corrected chi connectivity index (χ0v) is 8.42. The van der Waals surface area contributed by atoms with Gasteiger partial charge in [-0.05, 0) is 12.8 Å². The molecule has 1 N–H and O–H groups in total. The minimum atomic E-state index is -0.115. The molecule has 3 heteroatoms. The number of carbonyl (C=O) groups excluding carboxylic acids is 1. The minimum Gasteiger partial charge on any atom is -0.469 e. The number of hydrogen-bond acceptors (Lipinski definition) is 3. The van der Waals surface area contributed by atoms with Gasteiger partial charge in [0.15, 0.2) is 0 Å². The van der Waals surface area contributed by atoms with E-state index in [0.717, 1.165) is 38.5 Å². The van der Waals surface area contributed by atoms with Crippen LogP contribution in [0.25, 0.3) is 0 Å². The van der Waals surface area contributed by atoms with Crippen LogP contribution in [0, 0.1) is 0 Å². The molecule has 13 heavy (non-hydrogen) atoms. The molecule has 0 amide bonds. The van der Waals surface area contributed by atoms with Crippen molar-refractivity contribution in [3.8, 4) is 0 Å². The fourth-order valence-electron chi connectivity index (χ4n) is 1.19. The Morgan fingerprint density at radius 3 is 2.15 bits per heavy atom.